The van der Waals surface area contributed by atoms with E-state index in [4.69, 9.17) is 9.15 Å². The summed E-state index contributed by atoms with van der Waals surface area (Å²) in [5, 5.41) is 16.3. The highest BCUT2D eigenvalue weighted by Gasteiger charge is 2.20. The number of amides is 1. The number of nitrogens with one attached hydrogen (secondary N) is 1. The summed E-state index contributed by atoms with van der Waals surface area (Å²) in [5.41, 5.74) is 0.816. The molecule has 4 rings (SSSR count). The molecular formula is C18H21N5O3S. The molecule has 3 heterocycles. The number of carbonyl (C=O) groups excluding carboxylic acids is 1. The van der Waals surface area contributed by atoms with Crippen molar-refractivity contribution in [3.63, 3.8) is 0 Å². The number of hydrogen-bond donors (Lipinski definition) is 1. The summed E-state index contributed by atoms with van der Waals surface area (Å²) in [7, 11) is 0. The topological polar surface area (TPSA) is 95.1 Å². The normalized spacial score (nSPS) is 18.0. The lowest BCUT2D eigenvalue weighted by Crippen LogP contribution is -2.28. The van der Waals surface area contributed by atoms with Crippen LogP contribution in [0.5, 0.6) is 0 Å². The van der Waals surface area contributed by atoms with Crippen molar-refractivity contribution in [2.75, 3.05) is 12.4 Å². The first-order valence-electron chi connectivity index (χ1n) is 8.97. The molecule has 8 nitrogen and oxygen atoms in total. The van der Waals surface area contributed by atoms with Gasteiger partial charge in [-0.15, -0.1) is 5.10 Å². The Morgan fingerprint density at radius 3 is 3.15 bits per heavy atom. The minimum absolute atomic E-state index is 0.0976. The molecule has 1 aliphatic heterocycles. The monoisotopic (exact) mass is 387 g/mol. The van der Waals surface area contributed by atoms with E-state index in [1.165, 1.54) is 11.8 Å². The zero-order valence-corrected chi connectivity index (χ0v) is 15.8. The van der Waals surface area contributed by atoms with Crippen LogP contribution in [-0.2, 0) is 16.1 Å². The van der Waals surface area contributed by atoms with Gasteiger partial charge in [0.15, 0.2) is 0 Å². The van der Waals surface area contributed by atoms with Gasteiger partial charge in [0.25, 0.3) is 0 Å². The van der Waals surface area contributed by atoms with E-state index < -0.39 is 0 Å². The summed E-state index contributed by atoms with van der Waals surface area (Å²) < 4.78 is 13.1. The number of aromatic nitrogens is 4. The minimum Gasteiger partial charge on any atom is -0.459 e. The molecule has 0 bridgehead atoms. The van der Waals surface area contributed by atoms with Crippen molar-refractivity contribution >= 4 is 28.6 Å². The number of rotatable bonds is 7. The molecule has 0 spiro atoms. The van der Waals surface area contributed by atoms with Gasteiger partial charge in [0.1, 0.15) is 11.3 Å². The Kier molecular flexibility index (Phi) is 5.40. The van der Waals surface area contributed by atoms with Crippen LogP contribution in [0.25, 0.3) is 11.0 Å². The van der Waals surface area contributed by atoms with E-state index in [1.54, 1.807) is 4.68 Å². The third-order valence-corrected chi connectivity index (χ3v) is 5.44. The second-order valence-electron chi connectivity index (χ2n) is 6.54. The van der Waals surface area contributed by atoms with Crippen molar-refractivity contribution in [2.45, 2.75) is 43.6 Å². The highest BCUT2D eigenvalue weighted by molar-refractivity contribution is 7.99. The van der Waals surface area contributed by atoms with Crippen molar-refractivity contribution in [1.29, 1.82) is 0 Å². The molecule has 0 radical (unpaired) electrons. The predicted molar refractivity (Wildman–Crippen MR) is 100 cm³/mol. The van der Waals surface area contributed by atoms with Gasteiger partial charge >= 0.3 is 0 Å². The summed E-state index contributed by atoms with van der Waals surface area (Å²) in [6.45, 7) is 3.31. The van der Waals surface area contributed by atoms with E-state index in [0.717, 1.165) is 36.2 Å². The van der Waals surface area contributed by atoms with Crippen molar-refractivity contribution in [3.05, 3.63) is 36.1 Å². The van der Waals surface area contributed by atoms with Crippen LogP contribution in [0, 0.1) is 0 Å². The fourth-order valence-electron chi connectivity index (χ4n) is 3.10. The molecule has 0 aliphatic carbocycles. The summed E-state index contributed by atoms with van der Waals surface area (Å²) in [6, 6.07) is 9.53. The summed E-state index contributed by atoms with van der Waals surface area (Å²) in [6.07, 6.45) is 2.23. The maximum atomic E-state index is 12.3. The van der Waals surface area contributed by atoms with E-state index in [0.29, 0.717) is 11.7 Å². The van der Waals surface area contributed by atoms with Gasteiger partial charge in [-0.2, -0.15) is 0 Å². The molecule has 0 saturated carbocycles. The van der Waals surface area contributed by atoms with Gasteiger partial charge in [0.05, 0.1) is 24.4 Å². The quantitative estimate of drug-likeness (QED) is 0.623. The van der Waals surface area contributed by atoms with Gasteiger partial charge in [0, 0.05) is 12.0 Å². The smallest absolute Gasteiger partial charge is 0.231 e. The second-order valence-corrected chi connectivity index (χ2v) is 7.49. The van der Waals surface area contributed by atoms with E-state index in [-0.39, 0.29) is 23.8 Å². The number of nitrogens with zero attached hydrogens (tertiary/aromatic N) is 4. The van der Waals surface area contributed by atoms with Crippen LogP contribution < -0.4 is 5.32 Å². The highest BCUT2D eigenvalue weighted by atomic mass is 32.2. The molecule has 2 atom stereocenters. The summed E-state index contributed by atoms with van der Waals surface area (Å²) in [4.78, 5) is 12.3. The molecule has 1 saturated heterocycles. The SMILES string of the molecule is CC(NC(=O)CSc1nnnn1CC1CCCO1)c1cc2ccccc2o1. The van der Waals surface area contributed by atoms with Crippen LogP contribution >= 0.6 is 11.8 Å². The predicted octanol–water partition coefficient (Wildman–Crippen LogP) is 2.57. The second kappa shape index (κ2) is 8.10. The Morgan fingerprint density at radius 1 is 1.44 bits per heavy atom. The fourth-order valence-corrected chi connectivity index (χ4v) is 3.79. The maximum Gasteiger partial charge on any atom is 0.231 e. The van der Waals surface area contributed by atoms with E-state index >= 15 is 0 Å². The van der Waals surface area contributed by atoms with E-state index in [9.17, 15) is 4.79 Å². The summed E-state index contributed by atoms with van der Waals surface area (Å²) in [5.74, 6) is 0.869. The number of hydrogen-bond acceptors (Lipinski definition) is 7. The molecule has 27 heavy (non-hydrogen) atoms. The van der Waals surface area contributed by atoms with Crippen LogP contribution in [0.1, 0.15) is 31.6 Å². The van der Waals surface area contributed by atoms with Crippen LogP contribution in [0.2, 0.25) is 0 Å². The van der Waals surface area contributed by atoms with Gasteiger partial charge < -0.3 is 14.5 Å². The highest BCUT2D eigenvalue weighted by Crippen LogP contribution is 2.24. The lowest BCUT2D eigenvalue weighted by molar-refractivity contribution is -0.119. The van der Waals surface area contributed by atoms with Crippen LogP contribution in [0.15, 0.2) is 39.9 Å². The Labute approximate surface area is 160 Å². The number of benzene rings is 1. The first-order chi connectivity index (χ1) is 13.2. The van der Waals surface area contributed by atoms with Crippen LogP contribution in [0.3, 0.4) is 0 Å². The van der Waals surface area contributed by atoms with Gasteiger partial charge in [-0.3, -0.25) is 4.79 Å². The molecule has 2 aromatic heterocycles. The zero-order valence-electron chi connectivity index (χ0n) is 15.0. The average Bonchev–Trinajstić information content (AvgIpc) is 3.41. The molecule has 1 N–H and O–H groups in total. The van der Waals surface area contributed by atoms with Crippen molar-refractivity contribution in [2.24, 2.45) is 0 Å². The van der Waals surface area contributed by atoms with Gasteiger partial charge in [0.2, 0.25) is 11.1 Å². The Morgan fingerprint density at radius 2 is 2.33 bits per heavy atom. The fraction of sp³-hybridized carbons (Fsp3) is 0.444. The van der Waals surface area contributed by atoms with Gasteiger partial charge in [-0.05, 0) is 42.3 Å². The number of thioether (sulfide) groups is 1. The molecule has 1 fully saturated rings. The molecule has 9 heteroatoms. The average molecular weight is 387 g/mol. The third-order valence-electron chi connectivity index (χ3n) is 4.48. The largest absolute Gasteiger partial charge is 0.459 e. The molecule has 3 aromatic rings. The van der Waals surface area contributed by atoms with Crippen molar-refractivity contribution in [3.8, 4) is 0 Å². The number of furan rings is 1. The number of carbonyl (C=O) groups is 1. The van der Waals surface area contributed by atoms with E-state index in [1.807, 2.05) is 37.3 Å². The Bertz CT molecular complexity index is 886. The first kappa shape index (κ1) is 18.0. The van der Waals surface area contributed by atoms with Crippen molar-refractivity contribution < 1.29 is 13.9 Å². The van der Waals surface area contributed by atoms with Crippen LogP contribution in [-0.4, -0.2) is 44.6 Å². The number of tetrazole rings is 1. The molecule has 2 unspecified atom stereocenters. The maximum absolute atomic E-state index is 12.3. The lowest BCUT2D eigenvalue weighted by atomic mass is 10.2. The molecule has 1 aliphatic rings. The number of para-hydroxylation sites is 1. The molecule has 1 aromatic carbocycles. The Balaban J connectivity index is 1.31. The summed E-state index contributed by atoms with van der Waals surface area (Å²) >= 11 is 1.32. The van der Waals surface area contributed by atoms with E-state index in [2.05, 4.69) is 20.8 Å². The minimum atomic E-state index is -0.214. The van der Waals surface area contributed by atoms with Crippen LogP contribution in [0.4, 0.5) is 0 Å². The standard InChI is InChI=1S/C18H21N5O3S/c1-12(16-9-13-5-2-3-7-15(13)26-16)19-17(24)11-27-18-20-21-22-23(18)10-14-6-4-8-25-14/h2-3,5,7,9,12,14H,4,6,8,10-11H2,1H3,(H,19,24). The lowest BCUT2D eigenvalue weighted by Gasteiger charge is -2.12. The number of fused-ring (bicyclic) bond motifs is 1. The molecular weight excluding hydrogens is 366 g/mol. The Hall–Kier alpha value is -2.39. The first-order valence-corrected chi connectivity index (χ1v) is 9.96. The number of ether oxygens (including phenoxy) is 1. The van der Waals surface area contributed by atoms with Crippen molar-refractivity contribution in [1.82, 2.24) is 25.5 Å². The third kappa shape index (κ3) is 4.30. The van der Waals surface area contributed by atoms with Gasteiger partial charge in [-0.25, -0.2) is 4.68 Å². The van der Waals surface area contributed by atoms with Gasteiger partial charge in [-0.1, -0.05) is 30.0 Å². The molecule has 142 valence electrons. The zero-order chi connectivity index (χ0) is 18.6. The molecule has 1 amide bonds.